The van der Waals surface area contributed by atoms with Gasteiger partial charge in [-0.3, -0.25) is 14.4 Å². The van der Waals surface area contributed by atoms with E-state index in [2.05, 4.69) is 10.6 Å². The standard InChI is InChI=1S/C20H20F3N3O4/c1-9-14(18(28)24-11-5-12(21)15(23)13(22)6-11)10(2)26(4)16(9)17(27)19(29)25-20(3)7-30-8-20/h5-6H,7-8H2,1-4H3,(H,24,28)(H,25,29). The molecule has 160 valence electrons. The Morgan fingerprint density at radius 2 is 1.67 bits per heavy atom. The minimum atomic E-state index is -1.65. The molecule has 2 heterocycles. The fourth-order valence-corrected chi connectivity index (χ4v) is 3.37. The summed E-state index contributed by atoms with van der Waals surface area (Å²) >= 11 is 0. The fraction of sp³-hybridized carbons (Fsp3) is 0.350. The fourth-order valence-electron chi connectivity index (χ4n) is 3.37. The van der Waals surface area contributed by atoms with E-state index in [-0.39, 0.29) is 35.7 Å². The van der Waals surface area contributed by atoms with Crippen molar-refractivity contribution in [3.63, 3.8) is 0 Å². The van der Waals surface area contributed by atoms with Gasteiger partial charge in [0.15, 0.2) is 17.5 Å². The number of amides is 2. The second-order valence-electron chi connectivity index (χ2n) is 7.54. The van der Waals surface area contributed by atoms with Crippen LogP contribution in [0.1, 0.15) is 39.0 Å². The molecule has 0 saturated carbocycles. The number of nitrogens with zero attached hydrogens (tertiary/aromatic N) is 1. The van der Waals surface area contributed by atoms with Gasteiger partial charge in [-0.25, -0.2) is 13.2 Å². The number of carbonyl (C=O) groups is 3. The minimum Gasteiger partial charge on any atom is -0.376 e. The molecule has 1 aromatic heterocycles. The third-order valence-electron chi connectivity index (χ3n) is 5.08. The molecule has 30 heavy (non-hydrogen) atoms. The first-order valence-corrected chi connectivity index (χ1v) is 9.01. The molecule has 1 saturated heterocycles. The smallest absolute Gasteiger partial charge is 0.294 e. The van der Waals surface area contributed by atoms with Crippen molar-refractivity contribution < 1.29 is 32.3 Å². The van der Waals surface area contributed by atoms with Crippen LogP contribution in [0.5, 0.6) is 0 Å². The summed E-state index contributed by atoms with van der Waals surface area (Å²) in [5.74, 6) is -6.97. The van der Waals surface area contributed by atoms with Crippen LogP contribution in [0.3, 0.4) is 0 Å². The first-order valence-electron chi connectivity index (χ1n) is 9.01. The van der Waals surface area contributed by atoms with Crippen molar-refractivity contribution >= 4 is 23.3 Å². The van der Waals surface area contributed by atoms with Gasteiger partial charge in [0.05, 0.1) is 30.0 Å². The molecule has 2 amide bonds. The number of ketones is 1. The van der Waals surface area contributed by atoms with E-state index < -0.39 is 40.6 Å². The number of ether oxygens (including phenoxy) is 1. The number of aromatic nitrogens is 1. The van der Waals surface area contributed by atoms with Crippen LogP contribution in [0.25, 0.3) is 0 Å². The molecule has 1 fully saturated rings. The minimum absolute atomic E-state index is 0.00968. The van der Waals surface area contributed by atoms with Crippen LogP contribution in [0.4, 0.5) is 18.9 Å². The Bertz CT molecular complexity index is 1050. The van der Waals surface area contributed by atoms with E-state index in [0.29, 0.717) is 17.8 Å². The first kappa shape index (κ1) is 21.6. The molecule has 0 bridgehead atoms. The molecule has 0 spiro atoms. The summed E-state index contributed by atoms with van der Waals surface area (Å²) in [4.78, 5) is 37.8. The number of hydrogen-bond donors (Lipinski definition) is 2. The first-order chi connectivity index (χ1) is 13.9. The Kier molecular flexibility index (Phi) is 5.46. The van der Waals surface area contributed by atoms with Crippen molar-refractivity contribution in [3.05, 3.63) is 52.1 Å². The van der Waals surface area contributed by atoms with E-state index in [1.54, 1.807) is 13.8 Å². The van der Waals surface area contributed by atoms with E-state index in [1.165, 1.54) is 18.5 Å². The Balaban J connectivity index is 1.89. The third-order valence-corrected chi connectivity index (χ3v) is 5.08. The van der Waals surface area contributed by atoms with Crippen LogP contribution < -0.4 is 10.6 Å². The molecular formula is C20H20F3N3O4. The maximum Gasteiger partial charge on any atom is 0.294 e. The van der Waals surface area contributed by atoms with Crippen LogP contribution in [-0.2, 0) is 16.6 Å². The lowest BCUT2D eigenvalue weighted by Crippen LogP contribution is -2.61. The number of anilines is 1. The summed E-state index contributed by atoms with van der Waals surface area (Å²) in [6.07, 6.45) is 0. The Morgan fingerprint density at radius 1 is 1.10 bits per heavy atom. The van der Waals surface area contributed by atoms with Gasteiger partial charge in [-0.1, -0.05) is 0 Å². The molecule has 10 heteroatoms. The zero-order valence-electron chi connectivity index (χ0n) is 16.8. The summed E-state index contributed by atoms with van der Waals surface area (Å²) in [6, 6.07) is 1.29. The van der Waals surface area contributed by atoms with E-state index in [4.69, 9.17) is 4.74 Å². The van der Waals surface area contributed by atoms with Gasteiger partial charge in [0.1, 0.15) is 0 Å². The number of nitrogens with one attached hydrogen (secondary N) is 2. The molecule has 0 aliphatic carbocycles. The van der Waals surface area contributed by atoms with Crippen LogP contribution in [0.2, 0.25) is 0 Å². The van der Waals surface area contributed by atoms with Crippen molar-refractivity contribution in [3.8, 4) is 0 Å². The third kappa shape index (κ3) is 3.70. The highest BCUT2D eigenvalue weighted by Crippen LogP contribution is 2.25. The van der Waals surface area contributed by atoms with Crippen LogP contribution >= 0.6 is 0 Å². The Labute approximate surface area is 170 Å². The Morgan fingerprint density at radius 3 is 2.17 bits per heavy atom. The molecule has 1 aromatic carbocycles. The molecule has 3 rings (SSSR count). The molecule has 7 nitrogen and oxygen atoms in total. The lowest BCUT2D eigenvalue weighted by Gasteiger charge is -2.38. The van der Waals surface area contributed by atoms with Gasteiger partial charge in [-0.15, -0.1) is 0 Å². The second-order valence-corrected chi connectivity index (χ2v) is 7.54. The van der Waals surface area contributed by atoms with Crippen molar-refractivity contribution in [2.24, 2.45) is 7.05 Å². The highest BCUT2D eigenvalue weighted by Gasteiger charge is 2.38. The van der Waals surface area contributed by atoms with Gasteiger partial charge in [0.25, 0.3) is 17.6 Å². The average molecular weight is 423 g/mol. The second kappa shape index (κ2) is 7.60. The molecule has 2 N–H and O–H groups in total. The lowest BCUT2D eigenvalue weighted by atomic mass is 10.00. The predicted octanol–water partition coefficient (Wildman–Crippen LogP) is 2.40. The van der Waals surface area contributed by atoms with Crippen molar-refractivity contribution in [1.82, 2.24) is 9.88 Å². The van der Waals surface area contributed by atoms with Gasteiger partial charge in [0.2, 0.25) is 0 Å². The van der Waals surface area contributed by atoms with Gasteiger partial charge >= 0.3 is 0 Å². The van der Waals surface area contributed by atoms with E-state index in [9.17, 15) is 27.6 Å². The molecule has 0 unspecified atom stereocenters. The SMILES string of the molecule is Cc1c(C(=O)Nc2cc(F)c(F)c(F)c2)c(C)n(C)c1C(=O)C(=O)NC1(C)COC1. The summed E-state index contributed by atoms with van der Waals surface area (Å²) in [5.41, 5.74) is -0.249. The van der Waals surface area contributed by atoms with E-state index in [1.807, 2.05) is 0 Å². The van der Waals surface area contributed by atoms with Crippen LogP contribution in [-0.4, -0.2) is 40.9 Å². The van der Waals surface area contributed by atoms with Gasteiger partial charge in [0, 0.05) is 30.6 Å². The molecule has 1 aliphatic heterocycles. The zero-order valence-corrected chi connectivity index (χ0v) is 16.8. The van der Waals surface area contributed by atoms with Crippen molar-refractivity contribution in [2.75, 3.05) is 18.5 Å². The van der Waals surface area contributed by atoms with Gasteiger partial charge in [-0.05, 0) is 26.3 Å². The Hall–Kier alpha value is -3.14. The molecular weight excluding hydrogens is 403 g/mol. The highest BCUT2D eigenvalue weighted by atomic mass is 19.2. The summed E-state index contributed by atoms with van der Waals surface area (Å²) in [5, 5.41) is 4.90. The van der Waals surface area contributed by atoms with Gasteiger partial charge < -0.3 is 19.9 Å². The van der Waals surface area contributed by atoms with Crippen LogP contribution in [0, 0.1) is 31.3 Å². The molecule has 2 aromatic rings. The number of Topliss-reactive ketones (excluding diaryl/α,β-unsaturated/α-hetero) is 1. The van der Waals surface area contributed by atoms with Crippen molar-refractivity contribution in [2.45, 2.75) is 26.3 Å². The number of benzene rings is 1. The quantitative estimate of drug-likeness (QED) is 0.439. The average Bonchev–Trinajstić information content (AvgIpc) is 2.86. The van der Waals surface area contributed by atoms with E-state index in [0.717, 1.165) is 0 Å². The molecule has 0 radical (unpaired) electrons. The highest BCUT2D eigenvalue weighted by molar-refractivity contribution is 6.43. The van der Waals surface area contributed by atoms with Crippen LogP contribution in [0.15, 0.2) is 12.1 Å². The number of rotatable bonds is 5. The topological polar surface area (TPSA) is 89.4 Å². The molecule has 0 atom stereocenters. The van der Waals surface area contributed by atoms with E-state index >= 15 is 0 Å². The normalized spacial score (nSPS) is 14.8. The summed E-state index contributed by atoms with van der Waals surface area (Å²) in [7, 11) is 1.52. The maximum atomic E-state index is 13.4. The summed E-state index contributed by atoms with van der Waals surface area (Å²) in [6.45, 7) is 5.36. The number of halogens is 3. The zero-order chi connectivity index (χ0) is 22.4. The monoisotopic (exact) mass is 423 g/mol. The number of carbonyl (C=O) groups excluding carboxylic acids is 3. The number of hydrogen-bond acceptors (Lipinski definition) is 4. The maximum absolute atomic E-state index is 13.4. The summed E-state index contributed by atoms with van der Waals surface area (Å²) < 4.78 is 46.4. The lowest BCUT2D eigenvalue weighted by molar-refractivity contribution is -0.126. The predicted molar refractivity (Wildman–Crippen MR) is 101 cm³/mol. The largest absolute Gasteiger partial charge is 0.376 e. The van der Waals surface area contributed by atoms with Gasteiger partial charge in [-0.2, -0.15) is 0 Å². The van der Waals surface area contributed by atoms with Crippen molar-refractivity contribution in [1.29, 1.82) is 0 Å². The molecule has 1 aliphatic rings.